The van der Waals surface area contributed by atoms with Crippen LogP contribution in [0.25, 0.3) is 0 Å². The second kappa shape index (κ2) is 9.62. The predicted molar refractivity (Wildman–Crippen MR) is 122 cm³/mol. The quantitative estimate of drug-likeness (QED) is 0.578. The molecule has 164 valence electrons. The molecule has 0 saturated carbocycles. The van der Waals surface area contributed by atoms with E-state index in [4.69, 9.17) is 25.8 Å². The summed E-state index contributed by atoms with van der Waals surface area (Å²) in [6, 6.07) is 19.5. The Hall–Kier alpha value is -3.71. The lowest BCUT2D eigenvalue weighted by Gasteiger charge is -2.30. The number of methoxy groups -OCH3 is 1. The van der Waals surface area contributed by atoms with Crippen LogP contribution in [-0.2, 0) is 16.1 Å². The van der Waals surface area contributed by atoms with Gasteiger partial charge in [0.15, 0.2) is 13.2 Å². The first-order valence-corrected chi connectivity index (χ1v) is 10.3. The van der Waals surface area contributed by atoms with Crippen LogP contribution in [0.1, 0.15) is 5.56 Å². The van der Waals surface area contributed by atoms with Crippen LogP contribution < -0.4 is 24.4 Å². The Morgan fingerprint density at radius 3 is 2.72 bits per heavy atom. The summed E-state index contributed by atoms with van der Waals surface area (Å²) in [4.78, 5) is 26.5. The maximum absolute atomic E-state index is 12.5. The van der Waals surface area contributed by atoms with Gasteiger partial charge in [0.2, 0.25) is 0 Å². The Balaban J connectivity index is 1.46. The van der Waals surface area contributed by atoms with E-state index in [1.54, 1.807) is 60.5 Å². The molecule has 1 heterocycles. The summed E-state index contributed by atoms with van der Waals surface area (Å²) in [5.41, 5.74) is 1.99. The summed E-state index contributed by atoms with van der Waals surface area (Å²) in [7, 11) is 1.56. The highest BCUT2D eigenvalue weighted by molar-refractivity contribution is 6.30. The molecule has 8 heteroatoms. The number of carbonyl (C=O) groups excluding carboxylic acids is 2. The highest BCUT2D eigenvalue weighted by Crippen LogP contribution is 2.35. The molecule has 0 radical (unpaired) electrons. The van der Waals surface area contributed by atoms with Gasteiger partial charge in [0.1, 0.15) is 17.2 Å². The molecule has 3 aromatic carbocycles. The fraction of sp³-hybridized carbons (Fsp3) is 0.167. The summed E-state index contributed by atoms with van der Waals surface area (Å²) in [5, 5.41) is 3.39. The largest absolute Gasteiger partial charge is 0.497 e. The summed E-state index contributed by atoms with van der Waals surface area (Å²) >= 11 is 6.08. The molecule has 0 saturated heterocycles. The third-order valence-corrected chi connectivity index (χ3v) is 5.06. The van der Waals surface area contributed by atoms with Gasteiger partial charge < -0.3 is 24.4 Å². The molecule has 0 atom stereocenters. The first-order valence-electron chi connectivity index (χ1n) is 9.90. The number of benzene rings is 3. The molecule has 1 N–H and O–H groups in total. The van der Waals surface area contributed by atoms with Crippen LogP contribution in [0.2, 0.25) is 5.02 Å². The number of halogens is 1. The molecule has 0 unspecified atom stereocenters. The lowest BCUT2D eigenvalue weighted by molar-refractivity contribution is -0.121. The van der Waals surface area contributed by atoms with Gasteiger partial charge in [-0.2, -0.15) is 0 Å². The van der Waals surface area contributed by atoms with Crippen LogP contribution in [-0.4, -0.2) is 32.1 Å². The summed E-state index contributed by atoms with van der Waals surface area (Å²) in [6.07, 6.45) is 0. The molecule has 0 aliphatic carbocycles. The molecule has 1 aliphatic heterocycles. The maximum atomic E-state index is 12.5. The van der Waals surface area contributed by atoms with Crippen LogP contribution >= 0.6 is 11.6 Å². The zero-order chi connectivity index (χ0) is 22.5. The second-order valence-electron chi connectivity index (χ2n) is 7.10. The lowest BCUT2D eigenvalue weighted by atomic mass is 10.1. The first kappa shape index (κ1) is 21.5. The Labute approximate surface area is 190 Å². The fourth-order valence-electron chi connectivity index (χ4n) is 3.31. The third kappa shape index (κ3) is 5.12. The van der Waals surface area contributed by atoms with Gasteiger partial charge in [-0.3, -0.25) is 9.59 Å². The van der Waals surface area contributed by atoms with Gasteiger partial charge in [-0.25, -0.2) is 0 Å². The van der Waals surface area contributed by atoms with E-state index in [9.17, 15) is 9.59 Å². The minimum Gasteiger partial charge on any atom is -0.497 e. The number of hydrogen-bond acceptors (Lipinski definition) is 5. The normalized spacial score (nSPS) is 12.6. The van der Waals surface area contributed by atoms with Gasteiger partial charge in [0.05, 0.1) is 19.3 Å². The zero-order valence-corrected chi connectivity index (χ0v) is 18.1. The van der Waals surface area contributed by atoms with Gasteiger partial charge in [-0.05, 0) is 48.0 Å². The van der Waals surface area contributed by atoms with Crippen molar-refractivity contribution in [3.63, 3.8) is 0 Å². The van der Waals surface area contributed by atoms with Crippen molar-refractivity contribution in [3.8, 4) is 17.2 Å². The van der Waals surface area contributed by atoms with E-state index in [2.05, 4.69) is 5.32 Å². The number of nitrogens with one attached hydrogen (secondary N) is 1. The molecule has 0 fully saturated rings. The number of anilines is 2. The Morgan fingerprint density at radius 2 is 1.91 bits per heavy atom. The number of nitrogens with zero attached hydrogens (tertiary/aromatic N) is 1. The minimum absolute atomic E-state index is 0.0480. The van der Waals surface area contributed by atoms with Crippen molar-refractivity contribution in [1.82, 2.24) is 0 Å². The van der Waals surface area contributed by atoms with Crippen LogP contribution in [0.15, 0.2) is 66.7 Å². The van der Waals surface area contributed by atoms with Crippen molar-refractivity contribution in [2.45, 2.75) is 6.54 Å². The summed E-state index contributed by atoms with van der Waals surface area (Å²) in [6.45, 7) is 0.117. The Morgan fingerprint density at radius 1 is 1.09 bits per heavy atom. The average Bonchev–Trinajstić information content (AvgIpc) is 2.80. The molecule has 4 rings (SSSR count). The number of ether oxygens (including phenoxy) is 3. The van der Waals surface area contributed by atoms with Gasteiger partial charge >= 0.3 is 0 Å². The zero-order valence-electron chi connectivity index (χ0n) is 17.3. The Bertz CT molecular complexity index is 1150. The van der Waals surface area contributed by atoms with Crippen molar-refractivity contribution in [1.29, 1.82) is 0 Å². The molecule has 32 heavy (non-hydrogen) atoms. The van der Waals surface area contributed by atoms with Crippen molar-refractivity contribution >= 4 is 34.8 Å². The molecule has 0 aromatic heterocycles. The van der Waals surface area contributed by atoms with Crippen LogP contribution in [0, 0.1) is 0 Å². The fourth-order valence-corrected chi connectivity index (χ4v) is 3.52. The van der Waals surface area contributed by atoms with E-state index in [-0.39, 0.29) is 25.0 Å². The van der Waals surface area contributed by atoms with Gasteiger partial charge in [-0.15, -0.1) is 0 Å². The SMILES string of the molecule is COc1cccc(OCC(=O)Nc2ccc3c(c2)N(Cc2cccc(Cl)c2)C(=O)CO3)c1. The molecule has 0 spiro atoms. The predicted octanol–water partition coefficient (Wildman–Crippen LogP) is 4.29. The van der Waals surface area contributed by atoms with Crippen molar-refractivity contribution in [2.24, 2.45) is 0 Å². The monoisotopic (exact) mass is 452 g/mol. The number of carbonyl (C=O) groups is 2. The summed E-state index contributed by atoms with van der Waals surface area (Å²) in [5.74, 6) is 1.22. The number of hydrogen-bond donors (Lipinski definition) is 1. The van der Waals surface area contributed by atoms with Crippen LogP contribution in [0.4, 0.5) is 11.4 Å². The van der Waals surface area contributed by atoms with Crippen LogP contribution in [0.3, 0.4) is 0 Å². The van der Waals surface area contributed by atoms with E-state index in [1.807, 2.05) is 18.2 Å². The Kier molecular flexibility index (Phi) is 6.47. The minimum atomic E-state index is -0.336. The lowest BCUT2D eigenvalue weighted by Crippen LogP contribution is -2.38. The average molecular weight is 453 g/mol. The maximum Gasteiger partial charge on any atom is 0.265 e. The van der Waals surface area contributed by atoms with Crippen molar-refractivity contribution < 1.29 is 23.8 Å². The van der Waals surface area contributed by atoms with Gasteiger partial charge in [0, 0.05) is 16.8 Å². The first-order chi connectivity index (χ1) is 15.5. The van der Waals surface area contributed by atoms with Gasteiger partial charge in [0.25, 0.3) is 11.8 Å². The van der Waals surface area contributed by atoms with Crippen molar-refractivity contribution in [2.75, 3.05) is 30.5 Å². The smallest absolute Gasteiger partial charge is 0.265 e. The molecule has 0 bridgehead atoms. The molecule has 7 nitrogen and oxygen atoms in total. The summed E-state index contributed by atoms with van der Waals surface area (Å²) < 4.78 is 16.2. The second-order valence-corrected chi connectivity index (χ2v) is 7.53. The van der Waals surface area contributed by atoms with Gasteiger partial charge in [-0.1, -0.05) is 29.8 Å². The molecular formula is C24H21ClN2O5. The van der Waals surface area contributed by atoms with E-state index in [0.717, 1.165) is 5.56 Å². The van der Waals surface area contributed by atoms with E-state index in [1.165, 1.54) is 0 Å². The molecule has 1 aliphatic rings. The number of amides is 2. The van der Waals surface area contributed by atoms with E-state index in [0.29, 0.717) is 40.2 Å². The standard InChI is InChI=1S/C24H21ClN2O5/c1-30-19-6-3-7-20(12-19)31-14-23(28)26-18-8-9-22-21(11-18)27(24(29)15-32-22)13-16-4-2-5-17(25)10-16/h2-12H,13-15H2,1H3,(H,26,28). The third-order valence-electron chi connectivity index (χ3n) is 4.83. The molecule has 2 amide bonds. The number of fused-ring (bicyclic) bond motifs is 1. The van der Waals surface area contributed by atoms with Crippen molar-refractivity contribution in [3.05, 3.63) is 77.3 Å². The topological polar surface area (TPSA) is 77.1 Å². The molecular weight excluding hydrogens is 432 g/mol. The molecule has 3 aromatic rings. The van der Waals surface area contributed by atoms with E-state index < -0.39 is 0 Å². The van der Waals surface area contributed by atoms with E-state index >= 15 is 0 Å². The highest BCUT2D eigenvalue weighted by atomic mass is 35.5. The number of rotatable bonds is 7. The van der Waals surface area contributed by atoms with Crippen LogP contribution in [0.5, 0.6) is 17.2 Å². The highest BCUT2D eigenvalue weighted by Gasteiger charge is 2.26.